The second kappa shape index (κ2) is 23.9. The van der Waals surface area contributed by atoms with E-state index in [-0.39, 0.29) is 25.0 Å². The van der Waals surface area contributed by atoms with Crippen LogP contribution in [0, 0.1) is 0 Å². The van der Waals surface area contributed by atoms with Crippen molar-refractivity contribution in [2.75, 3.05) is 19.7 Å². The first kappa shape index (κ1) is 56.8. The summed E-state index contributed by atoms with van der Waals surface area (Å²) >= 11 is 0. The number of aliphatic hydroxyl groups is 7. The Bertz CT molecular complexity index is 1440. The van der Waals surface area contributed by atoms with Crippen molar-refractivity contribution < 1.29 is 122 Å². The van der Waals surface area contributed by atoms with E-state index in [9.17, 15) is 35.7 Å². The Morgan fingerprint density at radius 1 is 0.483 bits per heavy atom. The van der Waals surface area contributed by atoms with Crippen LogP contribution in [0.5, 0.6) is 0 Å². The molecule has 350 valence electrons. The first-order chi connectivity index (χ1) is 25.8. The first-order valence-electron chi connectivity index (χ1n) is 16.0. The molecular formula is C23H54N6O26S3. The van der Waals surface area contributed by atoms with Gasteiger partial charge in [0.05, 0.1) is 24.8 Å². The number of ether oxygens (including phenoxy) is 6. The molecule has 32 nitrogen and oxygen atoms in total. The fourth-order valence-electron chi connectivity index (χ4n) is 5.74. The summed E-state index contributed by atoms with van der Waals surface area (Å²) in [5.74, 6) is 0. The topological polar surface area (TPSA) is 608 Å². The second-order valence-electron chi connectivity index (χ2n) is 12.6. The SMILES string of the molecule is NCC1OC(OC2C(CO)OC(OC3C(O)C(N)CC(N)C3OC3OC(CN)C(O)C(O)C3N)C2O)C(N)C(O)C1O.O.O=S(=O)(O)O.O=S(=O)(O)O.O=S(=O)(O)O. The van der Waals surface area contributed by atoms with E-state index in [0.29, 0.717) is 0 Å². The van der Waals surface area contributed by atoms with Gasteiger partial charge in [0.15, 0.2) is 18.9 Å². The third-order valence-electron chi connectivity index (χ3n) is 8.37. The van der Waals surface area contributed by atoms with E-state index in [2.05, 4.69) is 0 Å². The maximum Gasteiger partial charge on any atom is 0.394 e. The van der Waals surface area contributed by atoms with Gasteiger partial charge in [-0.25, -0.2) is 0 Å². The average Bonchev–Trinajstić information content (AvgIpc) is 3.36. The van der Waals surface area contributed by atoms with Crippen LogP contribution in [0.25, 0.3) is 0 Å². The number of hydrogen-bond donors (Lipinski definition) is 19. The summed E-state index contributed by atoms with van der Waals surface area (Å²) in [5, 5.41) is 73.0. The Balaban J connectivity index is 0.00000173. The molecule has 35 heteroatoms. The van der Waals surface area contributed by atoms with Crippen LogP contribution in [0.2, 0.25) is 0 Å². The Morgan fingerprint density at radius 2 is 0.810 bits per heavy atom. The van der Waals surface area contributed by atoms with Crippen LogP contribution in [0.1, 0.15) is 6.42 Å². The van der Waals surface area contributed by atoms with Crippen LogP contribution < -0.4 is 34.4 Å². The van der Waals surface area contributed by atoms with Gasteiger partial charge >= 0.3 is 31.2 Å². The van der Waals surface area contributed by atoms with Crippen LogP contribution in [-0.4, -0.2) is 230 Å². The molecule has 27 N–H and O–H groups in total. The third-order valence-corrected chi connectivity index (χ3v) is 8.37. The molecule has 1 aliphatic carbocycles. The molecular weight excluding hydrogens is 872 g/mol. The van der Waals surface area contributed by atoms with Gasteiger partial charge in [0.1, 0.15) is 67.1 Å². The quantitative estimate of drug-likeness (QED) is 0.0955. The lowest BCUT2D eigenvalue weighted by molar-refractivity contribution is -0.306. The maximum atomic E-state index is 11.1. The number of nitrogens with two attached hydrogens (primary N) is 6. The fraction of sp³-hybridized carbons (Fsp3) is 1.00. The largest absolute Gasteiger partial charge is 0.412 e. The van der Waals surface area contributed by atoms with Crippen molar-refractivity contribution in [2.24, 2.45) is 34.4 Å². The molecule has 0 aromatic heterocycles. The maximum absolute atomic E-state index is 11.1. The highest BCUT2D eigenvalue weighted by atomic mass is 32.3. The lowest BCUT2D eigenvalue weighted by Crippen LogP contribution is -2.68. The van der Waals surface area contributed by atoms with Crippen LogP contribution >= 0.6 is 0 Å². The zero-order chi connectivity index (χ0) is 44.5. The van der Waals surface area contributed by atoms with Crippen molar-refractivity contribution in [3.05, 3.63) is 0 Å². The van der Waals surface area contributed by atoms with E-state index in [4.69, 9.17) is 115 Å². The van der Waals surface area contributed by atoms with Crippen molar-refractivity contribution in [1.29, 1.82) is 0 Å². The third kappa shape index (κ3) is 18.4. The fourth-order valence-corrected chi connectivity index (χ4v) is 5.74. The number of hydrogen-bond acceptors (Lipinski definition) is 25. The first-order valence-corrected chi connectivity index (χ1v) is 20.2. The molecule has 0 bridgehead atoms. The van der Waals surface area contributed by atoms with Gasteiger partial charge in [-0.05, 0) is 6.42 Å². The summed E-state index contributed by atoms with van der Waals surface area (Å²) in [5.41, 5.74) is 35.6. The summed E-state index contributed by atoms with van der Waals surface area (Å²) < 4.78 is 129. The van der Waals surface area contributed by atoms with Gasteiger partial charge < -0.3 is 104 Å². The van der Waals surface area contributed by atoms with Crippen molar-refractivity contribution in [1.82, 2.24) is 0 Å². The van der Waals surface area contributed by atoms with Crippen LogP contribution in [0.4, 0.5) is 0 Å². The molecule has 19 atom stereocenters. The standard InChI is InChI=1S/C23H46N6O13.3H2O4S.H2O/c24-2-7-13(32)15(34)10(28)21(37-7)40-18-6(27)1-5(26)12(31)20(18)42-23-17(36)19(9(4-30)39-23)41-22-11(29)16(35)14(33)8(3-25)38-22;3*1-5(2,3)4;/h5-23,30-36H,1-4,24-29H2;3*(H2,1,2,3,4);1H2. The summed E-state index contributed by atoms with van der Waals surface area (Å²) in [7, 11) is -14.0. The molecule has 3 aliphatic heterocycles. The van der Waals surface area contributed by atoms with Crippen LogP contribution in [0.15, 0.2) is 0 Å². The van der Waals surface area contributed by atoms with Gasteiger partial charge in [-0.1, -0.05) is 0 Å². The lowest BCUT2D eigenvalue weighted by Gasteiger charge is -2.47. The van der Waals surface area contributed by atoms with Gasteiger partial charge in [0.25, 0.3) is 0 Å². The lowest BCUT2D eigenvalue weighted by atomic mass is 9.84. The minimum atomic E-state index is -4.67. The van der Waals surface area contributed by atoms with E-state index in [1.165, 1.54) is 0 Å². The molecule has 1 saturated carbocycles. The van der Waals surface area contributed by atoms with Crippen molar-refractivity contribution in [2.45, 2.75) is 123 Å². The summed E-state index contributed by atoms with van der Waals surface area (Å²) in [6.07, 6.45) is -19.8. The van der Waals surface area contributed by atoms with Gasteiger partial charge in [-0.15, -0.1) is 0 Å². The normalized spacial score (nSPS) is 41.9. The zero-order valence-corrected chi connectivity index (χ0v) is 32.1. The van der Waals surface area contributed by atoms with Gasteiger partial charge in [-0.2, -0.15) is 25.3 Å². The highest BCUT2D eigenvalue weighted by Crippen LogP contribution is 2.34. The Morgan fingerprint density at radius 3 is 1.16 bits per heavy atom. The number of rotatable bonds is 9. The average molecular weight is 927 g/mol. The summed E-state index contributed by atoms with van der Waals surface area (Å²) in [6.45, 7) is -0.967. The molecule has 0 radical (unpaired) electrons. The molecule has 19 unspecified atom stereocenters. The zero-order valence-electron chi connectivity index (χ0n) is 29.7. The van der Waals surface area contributed by atoms with Gasteiger partial charge in [0, 0.05) is 25.2 Å². The van der Waals surface area contributed by atoms with E-state index >= 15 is 0 Å². The molecule has 0 aromatic carbocycles. The van der Waals surface area contributed by atoms with Crippen molar-refractivity contribution >= 4 is 31.2 Å². The Labute approximate surface area is 329 Å². The minimum absolute atomic E-state index is 0. The van der Waals surface area contributed by atoms with E-state index in [0.717, 1.165) is 0 Å². The number of aliphatic hydroxyl groups excluding tert-OH is 7. The van der Waals surface area contributed by atoms with Crippen LogP contribution in [0.3, 0.4) is 0 Å². The Kier molecular flexibility index (Phi) is 23.4. The summed E-state index contributed by atoms with van der Waals surface area (Å²) in [6, 6.07) is -4.18. The molecule has 0 aromatic rings. The molecule has 3 saturated heterocycles. The van der Waals surface area contributed by atoms with E-state index in [1.54, 1.807) is 0 Å². The van der Waals surface area contributed by atoms with Crippen molar-refractivity contribution in [3.63, 3.8) is 0 Å². The molecule has 4 rings (SSSR count). The van der Waals surface area contributed by atoms with Crippen LogP contribution in [-0.2, 0) is 59.6 Å². The summed E-state index contributed by atoms with van der Waals surface area (Å²) in [4.78, 5) is 0. The molecule has 4 fully saturated rings. The molecule has 0 amide bonds. The highest BCUT2D eigenvalue weighted by molar-refractivity contribution is 7.80. The van der Waals surface area contributed by atoms with E-state index < -0.39 is 154 Å². The minimum Gasteiger partial charge on any atom is -0.412 e. The predicted molar refractivity (Wildman–Crippen MR) is 185 cm³/mol. The van der Waals surface area contributed by atoms with Gasteiger partial charge in [-0.3, -0.25) is 27.3 Å². The monoisotopic (exact) mass is 926 g/mol. The second-order valence-corrected chi connectivity index (χ2v) is 15.3. The molecule has 4 aliphatic rings. The van der Waals surface area contributed by atoms with E-state index in [1.807, 2.05) is 0 Å². The van der Waals surface area contributed by atoms with Gasteiger partial charge in [0.2, 0.25) is 0 Å². The Hall–Kier alpha value is -1.19. The molecule has 58 heavy (non-hydrogen) atoms. The highest BCUT2D eigenvalue weighted by Gasteiger charge is 2.54. The smallest absolute Gasteiger partial charge is 0.394 e. The predicted octanol–water partition coefficient (Wildman–Crippen LogP) is -11.7. The van der Waals surface area contributed by atoms with Crippen molar-refractivity contribution in [3.8, 4) is 0 Å². The molecule has 0 spiro atoms. The molecule has 3 heterocycles.